The predicted octanol–water partition coefficient (Wildman–Crippen LogP) is -0.721. The largest absolute Gasteiger partial charge is 0.495 e. The zero-order valence-electron chi connectivity index (χ0n) is 15.4. The van der Waals surface area contributed by atoms with Gasteiger partial charge < -0.3 is 15.2 Å². The van der Waals surface area contributed by atoms with Crippen LogP contribution in [0.1, 0.15) is 6.92 Å². The second kappa shape index (κ2) is 7.72. The SMILES string of the molecule is COc1ccc(S(=O)(=O)N([C@@H]2CS(=O)(=O)C[C@@H]2O)N(C)C)cc1NC(C)=O. The summed E-state index contributed by atoms with van der Waals surface area (Å²) in [6.45, 7) is 1.27. The van der Waals surface area contributed by atoms with E-state index in [1.54, 1.807) is 0 Å². The third kappa shape index (κ3) is 4.58. The molecule has 0 bridgehead atoms. The monoisotopic (exact) mass is 421 g/mol. The maximum atomic E-state index is 13.2. The number of methoxy groups -OCH3 is 1. The molecule has 0 spiro atoms. The fourth-order valence-corrected chi connectivity index (χ4v) is 6.54. The Morgan fingerprint density at radius 1 is 1.30 bits per heavy atom. The number of ether oxygens (including phenoxy) is 1. The number of carbonyl (C=O) groups excluding carboxylic acids is 1. The maximum absolute atomic E-state index is 13.2. The lowest BCUT2D eigenvalue weighted by Gasteiger charge is -2.34. The lowest BCUT2D eigenvalue weighted by molar-refractivity contribution is -0.114. The van der Waals surface area contributed by atoms with Crippen LogP contribution in [0.15, 0.2) is 23.1 Å². The summed E-state index contributed by atoms with van der Waals surface area (Å²) in [6.07, 6.45) is -1.35. The Kier molecular flexibility index (Phi) is 6.16. The molecule has 0 unspecified atom stereocenters. The third-order valence-electron chi connectivity index (χ3n) is 4.00. The highest BCUT2D eigenvalue weighted by Crippen LogP contribution is 2.31. The first-order chi connectivity index (χ1) is 12.4. The van der Waals surface area contributed by atoms with Gasteiger partial charge in [0.05, 0.1) is 41.3 Å². The lowest BCUT2D eigenvalue weighted by atomic mass is 10.2. The van der Waals surface area contributed by atoms with Gasteiger partial charge in [0.15, 0.2) is 9.84 Å². The molecule has 0 aromatic heterocycles. The molecule has 2 rings (SSSR count). The number of benzene rings is 1. The van der Waals surface area contributed by atoms with Gasteiger partial charge in [-0.2, -0.15) is 0 Å². The number of rotatable bonds is 6. The van der Waals surface area contributed by atoms with Crippen molar-refractivity contribution < 1.29 is 31.5 Å². The summed E-state index contributed by atoms with van der Waals surface area (Å²) in [5.74, 6) is -1.13. The predicted molar refractivity (Wildman–Crippen MR) is 98.5 cm³/mol. The number of anilines is 1. The topological polar surface area (TPSA) is 133 Å². The van der Waals surface area contributed by atoms with Crippen LogP contribution >= 0.6 is 0 Å². The smallest absolute Gasteiger partial charge is 0.256 e. The lowest BCUT2D eigenvalue weighted by Crippen LogP contribution is -2.53. The van der Waals surface area contributed by atoms with E-state index >= 15 is 0 Å². The van der Waals surface area contributed by atoms with Crippen molar-refractivity contribution >= 4 is 31.5 Å². The van der Waals surface area contributed by atoms with Crippen molar-refractivity contribution in [1.29, 1.82) is 0 Å². The molecule has 0 saturated carbocycles. The van der Waals surface area contributed by atoms with E-state index in [9.17, 15) is 26.7 Å². The van der Waals surface area contributed by atoms with Crippen LogP contribution in [-0.2, 0) is 24.7 Å². The second-order valence-corrected chi connectivity index (χ2v) is 10.3. The van der Waals surface area contributed by atoms with E-state index in [4.69, 9.17) is 4.74 Å². The zero-order chi connectivity index (χ0) is 20.6. The molecule has 1 saturated heterocycles. The molecule has 152 valence electrons. The number of carbonyl (C=O) groups is 1. The molecular weight excluding hydrogens is 398 g/mol. The highest BCUT2D eigenvalue weighted by molar-refractivity contribution is 7.92. The van der Waals surface area contributed by atoms with Crippen molar-refractivity contribution in [1.82, 2.24) is 9.42 Å². The summed E-state index contributed by atoms with van der Waals surface area (Å²) in [5.41, 5.74) is 0.157. The Balaban J connectivity index is 2.52. The fraction of sp³-hybridized carbons (Fsp3) is 0.533. The molecule has 2 N–H and O–H groups in total. The highest BCUT2D eigenvalue weighted by Gasteiger charge is 2.46. The number of hydrogen-bond acceptors (Lipinski definition) is 8. The Labute approximate surface area is 158 Å². The number of sulfonamides is 1. The molecule has 0 aliphatic carbocycles. The van der Waals surface area contributed by atoms with Crippen LogP contribution in [0.25, 0.3) is 0 Å². The van der Waals surface area contributed by atoms with Crippen LogP contribution in [0, 0.1) is 0 Å². The fourth-order valence-electron chi connectivity index (χ4n) is 2.95. The van der Waals surface area contributed by atoms with E-state index < -0.39 is 49.4 Å². The van der Waals surface area contributed by atoms with Crippen LogP contribution in [0.2, 0.25) is 0 Å². The average Bonchev–Trinajstić information content (AvgIpc) is 2.78. The quantitative estimate of drug-likeness (QED) is 0.575. The number of aliphatic hydroxyl groups is 1. The highest BCUT2D eigenvalue weighted by atomic mass is 32.2. The number of aliphatic hydroxyl groups excluding tert-OH is 1. The Morgan fingerprint density at radius 2 is 1.93 bits per heavy atom. The van der Waals surface area contributed by atoms with Gasteiger partial charge in [-0.05, 0) is 18.2 Å². The van der Waals surface area contributed by atoms with Gasteiger partial charge in [-0.15, -0.1) is 4.41 Å². The van der Waals surface area contributed by atoms with Crippen molar-refractivity contribution in [3.63, 3.8) is 0 Å². The van der Waals surface area contributed by atoms with E-state index in [0.717, 1.165) is 4.41 Å². The molecule has 10 nitrogen and oxygen atoms in total. The molecule has 1 amide bonds. The van der Waals surface area contributed by atoms with Gasteiger partial charge in [0.1, 0.15) is 5.75 Å². The summed E-state index contributed by atoms with van der Waals surface area (Å²) in [5, 5.41) is 13.8. The number of hydrogen-bond donors (Lipinski definition) is 2. The van der Waals surface area contributed by atoms with Crippen molar-refractivity contribution in [2.75, 3.05) is 38.0 Å². The minimum Gasteiger partial charge on any atom is -0.495 e. The summed E-state index contributed by atoms with van der Waals surface area (Å²) in [6, 6.07) is 2.74. The van der Waals surface area contributed by atoms with Crippen LogP contribution in [0.5, 0.6) is 5.75 Å². The molecule has 1 fully saturated rings. The number of sulfone groups is 1. The summed E-state index contributed by atoms with van der Waals surface area (Å²) < 4.78 is 56.0. The third-order valence-corrected chi connectivity index (χ3v) is 7.64. The zero-order valence-corrected chi connectivity index (χ0v) is 17.0. The molecule has 1 aromatic rings. The summed E-state index contributed by atoms with van der Waals surface area (Å²) >= 11 is 0. The molecule has 1 aromatic carbocycles. The van der Waals surface area contributed by atoms with Crippen LogP contribution in [-0.4, -0.2) is 82.1 Å². The van der Waals surface area contributed by atoms with Crippen molar-refractivity contribution in [2.24, 2.45) is 0 Å². The van der Waals surface area contributed by atoms with E-state index in [2.05, 4.69) is 5.32 Å². The van der Waals surface area contributed by atoms with Crippen LogP contribution in [0.3, 0.4) is 0 Å². The Bertz CT molecular complexity index is 929. The van der Waals surface area contributed by atoms with Crippen molar-refractivity contribution in [2.45, 2.75) is 24.0 Å². The number of nitrogens with zero attached hydrogens (tertiary/aromatic N) is 2. The molecule has 27 heavy (non-hydrogen) atoms. The van der Waals surface area contributed by atoms with E-state index in [1.807, 2.05) is 0 Å². The van der Waals surface area contributed by atoms with Gasteiger partial charge in [-0.1, -0.05) is 0 Å². The van der Waals surface area contributed by atoms with Gasteiger partial charge in [0.25, 0.3) is 10.0 Å². The molecule has 1 aliphatic heterocycles. The van der Waals surface area contributed by atoms with Gasteiger partial charge in [0, 0.05) is 21.0 Å². The van der Waals surface area contributed by atoms with E-state index in [0.29, 0.717) is 0 Å². The van der Waals surface area contributed by atoms with Gasteiger partial charge in [-0.25, -0.2) is 21.8 Å². The minimum absolute atomic E-state index is 0.157. The van der Waals surface area contributed by atoms with E-state index in [1.165, 1.54) is 51.3 Å². The summed E-state index contributed by atoms with van der Waals surface area (Å²) in [4.78, 5) is 11.2. The molecule has 1 heterocycles. The van der Waals surface area contributed by atoms with Crippen molar-refractivity contribution in [3.05, 3.63) is 18.2 Å². The second-order valence-electron chi connectivity index (χ2n) is 6.38. The van der Waals surface area contributed by atoms with Gasteiger partial charge in [0.2, 0.25) is 5.91 Å². The minimum atomic E-state index is -4.22. The first-order valence-corrected chi connectivity index (χ1v) is 11.2. The maximum Gasteiger partial charge on any atom is 0.256 e. The average molecular weight is 421 g/mol. The Hall–Kier alpha value is -1.73. The number of amides is 1. The molecular formula is C15H23N3O7S2. The number of nitrogens with one attached hydrogen (secondary N) is 1. The molecule has 0 radical (unpaired) electrons. The molecule has 1 aliphatic rings. The summed E-state index contributed by atoms with van der Waals surface area (Å²) in [7, 11) is -3.53. The van der Waals surface area contributed by atoms with Crippen LogP contribution < -0.4 is 10.1 Å². The standard InChI is InChI=1S/C15H23N3O7S2/c1-10(19)16-12-7-11(5-6-15(12)25-4)27(23,24)18(17(2)3)13-8-26(21,22)9-14(13)20/h5-7,13-14,20H,8-9H2,1-4H3,(H,16,19)/t13-,14+/m1/s1. The molecule has 2 atom stereocenters. The first kappa shape index (κ1) is 21.6. The Morgan fingerprint density at radius 3 is 2.37 bits per heavy atom. The van der Waals surface area contributed by atoms with Gasteiger partial charge in [-0.3, -0.25) is 4.79 Å². The first-order valence-electron chi connectivity index (χ1n) is 7.95. The normalized spacial score (nSPS) is 22.2. The van der Waals surface area contributed by atoms with E-state index in [-0.39, 0.29) is 16.3 Å². The molecule has 12 heteroatoms. The van der Waals surface area contributed by atoms with Crippen LogP contribution in [0.4, 0.5) is 5.69 Å². The number of hydrazine groups is 1. The van der Waals surface area contributed by atoms with Gasteiger partial charge >= 0.3 is 0 Å². The van der Waals surface area contributed by atoms with Crippen molar-refractivity contribution in [3.8, 4) is 5.75 Å².